The zero-order chi connectivity index (χ0) is 14.0. The predicted molar refractivity (Wildman–Crippen MR) is 66.6 cm³/mol. The first kappa shape index (κ1) is 14.1. The fraction of sp³-hybridized carbons (Fsp3) is 0.500. The molecule has 0 atom stereocenters. The fourth-order valence-electron chi connectivity index (χ4n) is 1.42. The Morgan fingerprint density at radius 1 is 1.47 bits per heavy atom. The van der Waals surface area contributed by atoms with E-state index in [1.807, 2.05) is 0 Å². The van der Waals surface area contributed by atoms with Gasteiger partial charge in [0.2, 0.25) is 10.9 Å². The first-order chi connectivity index (χ1) is 8.90. The SMILES string of the molecule is Cc1nc(CCNS(=O)(=O)c2c(Br)nnn2C)no1. The highest BCUT2D eigenvalue weighted by Crippen LogP contribution is 2.17. The second-order valence-corrected chi connectivity index (χ2v) is 6.12. The number of hydrogen-bond donors (Lipinski definition) is 1. The van der Waals surface area contributed by atoms with E-state index in [0.717, 1.165) is 0 Å². The van der Waals surface area contributed by atoms with E-state index in [1.165, 1.54) is 11.7 Å². The zero-order valence-corrected chi connectivity index (χ0v) is 12.6. The van der Waals surface area contributed by atoms with Gasteiger partial charge in [-0.1, -0.05) is 10.4 Å². The molecule has 2 rings (SSSR count). The summed E-state index contributed by atoms with van der Waals surface area (Å²) < 4.78 is 32.6. The minimum Gasteiger partial charge on any atom is -0.340 e. The Morgan fingerprint density at radius 3 is 2.74 bits per heavy atom. The summed E-state index contributed by atoms with van der Waals surface area (Å²) in [5, 5.41) is 10.9. The van der Waals surface area contributed by atoms with Crippen LogP contribution in [-0.2, 0) is 23.5 Å². The number of hydrogen-bond acceptors (Lipinski definition) is 7. The van der Waals surface area contributed by atoms with E-state index in [2.05, 4.69) is 41.1 Å². The van der Waals surface area contributed by atoms with Crippen LogP contribution in [0.25, 0.3) is 0 Å². The maximum absolute atomic E-state index is 12.0. The Balaban J connectivity index is 2.03. The van der Waals surface area contributed by atoms with Crippen molar-refractivity contribution in [2.75, 3.05) is 6.54 Å². The second-order valence-electron chi connectivity index (χ2n) is 3.69. The molecule has 19 heavy (non-hydrogen) atoms. The van der Waals surface area contributed by atoms with Crippen LogP contribution >= 0.6 is 15.9 Å². The highest BCUT2D eigenvalue weighted by atomic mass is 79.9. The topological polar surface area (TPSA) is 116 Å². The van der Waals surface area contributed by atoms with Gasteiger partial charge in [0.25, 0.3) is 10.0 Å². The molecular formula is C8H11BrN6O3S. The van der Waals surface area contributed by atoms with Crippen LogP contribution in [-0.4, -0.2) is 40.1 Å². The lowest BCUT2D eigenvalue weighted by Crippen LogP contribution is -2.28. The lowest BCUT2D eigenvalue weighted by atomic mass is 10.4. The van der Waals surface area contributed by atoms with Crippen molar-refractivity contribution in [3.8, 4) is 0 Å². The van der Waals surface area contributed by atoms with E-state index in [0.29, 0.717) is 18.1 Å². The van der Waals surface area contributed by atoms with Gasteiger partial charge in [0.1, 0.15) is 0 Å². The van der Waals surface area contributed by atoms with Crippen molar-refractivity contribution in [3.05, 3.63) is 16.3 Å². The molecule has 0 radical (unpaired) electrons. The molecule has 0 saturated heterocycles. The Labute approximate surface area is 117 Å². The van der Waals surface area contributed by atoms with Crippen LogP contribution in [0.3, 0.4) is 0 Å². The molecule has 0 aliphatic carbocycles. The summed E-state index contributed by atoms with van der Waals surface area (Å²) in [6.45, 7) is 1.82. The van der Waals surface area contributed by atoms with E-state index >= 15 is 0 Å². The molecule has 0 amide bonds. The van der Waals surface area contributed by atoms with Gasteiger partial charge in [-0.05, 0) is 15.9 Å². The Kier molecular flexibility index (Phi) is 3.96. The number of nitrogens with zero attached hydrogens (tertiary/aromatic N) is 5. The molecule has 0 unspecified atom stereocenters. The number of sulfonamides is 1. The molecular weight excluding hydrogens is 340 g/mol. The van der Waals surface area contributed by atoms with Crippen molar-refractivity contribution in [3.63, 3.8) is 0 Å². The van der Waals surface area contributed by atoms with Crippen LogP contribution in [0.5, 0.6) is 0 Å². The van der Waals surface area contributed by atoms with E-state index in [9.17, 15) is 8.42 Å². The first-order valence-corrected chi connectivity index (χ1v) is 7.52. The molecule has 0 spiro atoms. The molecule has 1 N–H and O–H groups in total. The lowest BCUT2D eigenvalue weighted by molar-refractivity contribution is 0.387. The molecule has 0 fully saturated rings. The van der Waals surface area contributed by atoms with Crippen molar-refractivity contribution in [1.29, 1.82) is 0 Å². The number of rotatable bonds is 5. The van der Waals surface area contributed by atoms with E-state index in [-0.39, 0.29) is 16.2 Å². The average Bonchev–Trinajstić information content (AvgIpc) is 2.86. The third kappa shape index (κ3) is 3.16. The van der Waals surface area contributed by atoms with Crippen LogP contribution in [0, 0.1) is 6.92 Å². The predicted octanol–water partition coefficient (Wildman–Crippen LogP) is -0.210. The lowest BCUT2D eigenvalue weighted by Gasteiger charge is -2.05. The first-order valence-electron chi connectivity index (χ1n) is 5.24. The van der Waals surface area contributed by atoms with Crippen molar-refractivity contribution in [2.45, 2.75) is 18.4 Å². The summed E-state index contributed by atoms with van der Waals surface area (Å²) in [5.74, 6) is 0.888. The molecule has 2 aromatic heterocycles. The van der Waals surface area contributed by atoms with Crippen molar-refractivity contribution in [1.82, 2.24) is 29.9 Å². The molecule has 2 heterocycles. The molecule has 104 valence electrons. The number of nitrogens with one attached hydrogen (secondary N) is 1. The number of aryl methyl sites for hydroxylation is 2. The van der Waals surface area contributed by atoms with Crippen LogP contribution in [0.1, 0.15) is 11.7 Å². The Bertz CT molecular complexity index is 659. The smallest absolute Gasteiger partial charge is 0.260 e. The summed E-state index contributed by atoms with van der Waals surface area (Å²) in [7, 11) is -2.19. The summed E-state index contributed by atoms with van der Waals surface area (Å²) in [4.78, 5) is 3.98. The van der Waals surface area contributed by atoms with E-state index in [1.54, 1.807) is 6.92 Å². The molecule has 0 bridgehead atoms. The van der Waals surface area contributed by atoms with Crippen molar-refractivity contribution >= 4 is 26.0 Å². The van der Waals surface area contributed by atoms with Gasteiger partial charge in [-0.25, -0.2) is 17.8 Å². The van der Waals surface area contributed by atoms with Gasteiger partial charge in [-0.3, -0.25) is 0 Å². The minimum absolute atomic E-state index is 0.0307. The molecule has 9 nitrogen and oxygen atoms in total. The fourth-order valence-corrected chi connectivity index (χ4v) is 3.54. The van der Waals surface area contributed by atoms with E-state index < -0.39 is 10.0 Å². The van der Waals surface area contributed by atoms with Crippen LogP contribution < -0.4 is 4.72 Å². The average molecular weight is 351 g/mol. The van der Waals surface area contributed by atoms with Gasteiger partial charge in [-0.15, -0.1) is 5.10 Å². The van der Waals surface area contributed by atoms with Gasteiger partial charge in [0, 0.05) is 26.9 Å². The summed E-state index contributed by atoms with van der Waals surface area (Å²) in [6, 6.07) is 0. The number of aromatic nitrogens is 5. The van der Waals surface area contributed by atoms with Gasteiger partial charge < -0.3 is 4.52 Å². The molecule has 11 heteroatoms. The monoisotopic (exact) mass is 350 g/mol. The second kappa shape index (κ2) is 5.35. The van der Waals surface area contributed by atoms with Crippen LogP contribution in [0.2, 0.25) is 0 Å². The molecule has 0 saturated carbocycles. The molecule has 0 aliphatic heterocycles. The number of halogens is 1. The Hall–Kier alpha value is -1.33. The third-order valence-electron chi connectivity index (χ3n) is 2.20. The molecule has 2 aromatic rings. The van der Waals surface area contributed by atoms with Gasteiger partial charge in [-0.2, -0.15) is 4.98 Å². The third-order valence-corrected chi connectivity index (χ3v) is 4.55. The van der Waals surface area contributed by atoms with Gasteiger partial charge in [0.15, 0.2) is 10.4 Å². The normalized spacial score (nSPS) is 11.9. The van der Waals surface area contributed by atoms with Crippen molar-refractivity contribution in [2.24, 2.45) is 7.05 Å². The highest BCUT2D eigenvalue weighted by molar-refractivity contribution is 9.10. The molecule has 0 aliphatic rings. The quantitative estimate of drug-likeness (QED) is 0.792. The summed E-state index contributed by atoms with van der Waals surface area (Å²) >= 11 is 3.04. The van der Waals surface area contributed by atoms with Crippen LogP contribution in [0.15, 0.2) is 14.2 Å². The van der Waals surface area contributed by atoms with Crippen LogP contribution in [0.4, 0.5) is 0 Å². The van der Waals surface area contributed by atoms with Gasteiger partial charge >= 0.3 is 0 Å². The van der Waals surface area contributed by atoms with E-state index in [4.69, 9.17) is 4.52 Å². The zero-order valence-electron chi connectivity index (χ0n) is 10.2. The van der Waals surface area contributed by atoms with Crippen molar-refractivity contribution < 1.29 is 12.9 Å². The molecule has 0 aromatic carbocycles. The minimum atomic E-state index is -3.69. The summed E-state index contributed by atoms with van der Waals surface area (Å²) in [6.07, 6.45) is 0.333. The van der Waals surface area contributed by atoms with Gasteiger partial charge in [0.05, 0.1) is 0 Å². The maximum atomic E-state index is 12.0. The largest absolute Gasteiger partial charge is 0.340 e. The maximum Gasteiger partial charge on any atom is 0.260 e. The standard InChI is InChI=1S/C8H11BrN6O3S/c1-5-11-6(13-18-5)3-4-10-19(16,17)8-7(9)12-14-15(8)2/h10H,3-4H2,1-2H3. The highest BCUT2D eigenvalue weighted by Gasteiger charge is 2.23. The Morgan fingerprint density at radius 2 is 2.21 bits per heavy atom. The summed E-state index contributed by atoms with van der Waals surface area (Å²) in [5.41, 5.74) is 0.